The van der Waals surface area contributed by atoms with E-state index < -0.39 is 0 Å². The van der Waals surface area contributed by atoms with Crippen molar-refractivity contribution >= 4 is 21.8 Å². The van der Waals surface area contributed by atoms with E-state index in [2.05, 4.69) is 21.2 Å². The van der Waals surface area contributed by atoms with Gasteiger partial charge in [-0.25, -0.2) is 0 Å². The second-order valence-corrected chi connectivity index (χ2v) is 4.59. The number of carbonyl (C=O) groups excluding carboxylic acids is 1. The smallest absolute Gasteiger partial charge is 0.251 e. The van der Waals surface area contributed by atoms with Gasteiger partial charge in [0.05, 0.1) is 4.47 Å². The minimum Gasteiger partial charge on any atom is -0.486 e. The van der Waals surface area contributed by atoms with Gasteiger partial charge >= 0.3 is 0 Å². The third-order valence-electron chi connectivity index (χ3n) is 2.39. The van der Waals surface area contributed by atoms with Crippen LogP contribution in [0.3, 0.4) is 0 Å². The average molecular weight is 300 g/mol. The molecule has 4 nitrogen and oxygen atoms in total. The normalized spacial score (nSPS) is 13.3. The van der Waals surface area contributed by atoms with Crippen LogP contribution in [0.5, 0.6) is 11.5 Å². The fraction of sp³-hybridized carbons (Fsp3) is 0.417. The molecule has 1 N–H and O–H groups in total. The van der Waals surface area contributed by atoms with Crippen molar-refractivity contribution in [2.45, 2.75) is 13.3 Å². The fourth-order valence-electron chi connectivity index (χ4n) is 1.58. The molecular weight excluding hydrogens is 286 g/mol. The minimum absolute atomic E-state index is 0.0930. The molecule has 1 aromatic rings. The van der Waals surface area contributed by atoms with Crippen molar-refractivity contribution in [3.63, 3.8) is 0 Å². The molecule has 0 aromatic heterocycles. The maximum Gasteiger partial charge on any atom is 0.251 e. The highest BCUT2D eigenvalue weighted by Gasteiger charge is 2.18. The lowest BCUT2D eigenvalue weighted by Gasteiger charge is -2.20. The second kappa shape index (κ2) is 5.40. The number of carbonyl (C=O) groups is 1. The van der Waals surface area contributed by atoms with E-state index in [-0.39, 0.29) is 5.91 Å². The van der Waals surface area contributed by atoms with Crippen LogP contribution in [-0.2, 0) is 0 Å². The van der Waals surface area contributed by atoms with Crippen molar-refractivity contribution in [2.24, 2.45) is 0 Å². The Kier molecular flexibility index (Phi) is 3.89. The van der Waals surface area contributed by atoms with Gasteiger partial charge in [-0.1, -0.05) is 6.92 Å². The molecule has 0 fully saturated rings. The van der Waals surface area contributed by atoms with Gasteiger partial charge in [-0.15, -0.1) is 0 Å². The number of hydrogen-bond acceptors (Lipinski definition) is 3. The van der Waals surface area contributed by atoms with Gasteiger partial charge in [-0.05, 0) is 34.5 Å². The summed E-state index contributed by atoms with van der Waals surface area (Å²) >= 11 is 3.38. The molecule has 0 atom stereocenters. The first-order valence-electron chi connectivity index (χ1n) is 5.59. The van der Waals surface area contributed by atoms with Crippen LogP contribution in [0.2, 0.25) is 0 Å². The average Bonchev–Trinajstić information content (AvgIpc) is 2.36. The highest BCUT2D eigenvalue weighted by atomic mass is 79.9. The Morgan fingerprint density at radius 3 is 2.94 bits per heavy atom. The van der Waals surface area contributed by atoms with Crippen molar-refractivity contribution < 1.29 is 14.3 Å². The van der Waals surface area contributed by atoms with Crippen LogP contribution in [0.25, 0.3) is 0 Å². The van der Waals surface area contributed by atoms with E-state index in [0.717, 1.165) is 10.9 Å². The summed E-state index contributed by atoms with van der Waals surface area (Å²) in [6.07, 6.45) is 0.914. The van der Waals surface area contributed by atoms with E-state index in [1.807, 2.05) is 6.92 Å². The summed E-state index contributed by atoms with van der Waals surface area (Å²) in [6, 6.07) is 3.46. The van der Waals surface area contributed by atoms with Gasteiger partial charge in [-0.3, -0.25) is 4.79 Å². The SMILES string of the molecule is CCCNC(=O)c1cc(Br)c2c(c1)OCCO2. The van der Waals surface area contributed by atoms with E-state index in [4.69, 9.17) is 9.47 Å². The lowest BCUT2D eigenvalue weighted by atomic mass is 10.2. The molecule has 0 aliphatic carbocycles. The van der Waals surface area contributed by atoms with Crippen LogP contribution in [0.1, 0.15) is 23.7 Å². The third kappa shape index (κ3) is 2.72. The second-order valence-electron chi connectivity index (χ2n) is 3.74. The Bertz CT molecular complexity index is 434. The number of rotatable bonds is 3. The van der Waals surface area contributed by atoms with Gasteiger partial charge < -0.3 is 14.8 Å². The number of halogens is 1. The molecule has 0 saturated carbocycles. The van der Waals surface area contributed by atoms with Crippen LogP contribution in [-0.4, -0.2) is 25.7 Å². The molecule has 1 aliphatic rings. The van der Waals surface area contributed by atoms with E-state index in [1.54, 1.807) is 12.1 Å². The lowest BCUT2D eigenvalue weighted by Crippen LogP contribution is -2.24. The number of hydrogen-bond donors (Lipinski definition) is 1. The number of fused-ring (bicyclic) bond motifs is 1. The van der Waals surface area contributed by atoms with Crippen LogP contribution >= 0.6 is 15.9 Å². The summed E-state index contributed by atoms with van der Waals surface area (Å²) in [7, 11) is 0. The number of ether oxygens (including phenoxy) is 2. The molecular formula is C12H14BrNO3. The molecule has 17 heavy (non-hydrogen) atoms. The third-order valence-corrected chi connectivity index (χ3v) is 2.98. The molecule has 1 aromatic carbocycles. The Morgan fingerprint density at radius 1 is 1.41 bits per heavy atom. The number of benzene rings is 1. The van der Waals surface area contributed by atoms with Crippen LogP contribution in [0, 0.1) is 0 Å². The first kappa shape index (κ1) is 12.2. The van der Waals surface area contributed by atoms with Gasteiger partial charge in [0.1, 0.15) is 13.2 Å². The topological polar surface area (TPSA) is 47.6 Å². The molecule has 2 rings (SSSR count). The monoisotopic (exact) mass is 299 g/mol. The van der Waals surface area contributed by atoms with Gasteiger partial charge in [-0.2, -0.15) is 0 Å². The van der Waals surface area contributed by atoms with Crippen molar-refractivity contribution in [3.05, 3.63) is 22.2 Å². The maximum atomic E-state index is 11.8. The summed E-state index contributed by atoms with van der Waals surface area (Å²) in [6.45, 7) is 3.73. The predicted molar refractivity (Wildman–Crippen MR) is 67.8 cm³/mol. The standard InChI is InChI=1S/C12H14BrNO3/c1-2-3-14-12(15)8-6-9(13)11-10(7-8)16-4-5-17-11/h6-7H,2-5H2,1H3,(H,14,15). The zero-order valence-corrected chi connectivity index (χ0v) is 11.2. The first-order valence-corrected chi connectivity index (χ1v) is 6.39. The van der Waals surface area contributed by atoms with Gasteiger partial charge in [0.25, 0.3) is 5.91 Å². The molecule has 0 saturated heterocycles. The molecule has 0 spiro atoms. The number of nitrogens with one attached hydrogen (secondary N) is 1. The Morgan fingerprint density at radius 2 is 2.18 bits per heavy atom. The molecule has 0 radical (unpaired) electrons. The Labute approximate surface area is 108 Å². The van der Waals surface area contributed by atoms with Crippen molar-refractivity contribution in [1.82, 2.24) is 5.32 Å². The van der Waals surface area contributed by atoms with Crippen molar-refractivity contribution in [2.75, 3.05) is 19.8 Å². The summed E-state index contributed by atoms with van der Waals surface area (Å²) in [5.41, 5.74) is 0.578. The Hall–Kier alpha value is -1.23. The summed E-state index contributed by atoms with van der Waals surface area (Å²) < 4.78 is 11.7. The minimum atomic E-state index is -0.0930. The molecule has 1 heterocycles. The zero-order valence-electron chi connectivity index (χ0n) is 9.59. The van der Waals surface area contributed by atoms with Crippen LogP contribution in [0.15, 0.2) is 16.6 Å². The maximum absolute atomic E-state index is 11.8. The lowest BCUT2D eigenvalue weighted by molar-refractivity contribution is 0.0952. The van der Waals surface area contributed by atoms with Crippen molar-refractivity contribution in [3.8, 4) is 11.5 Å². The molecule has 0 bridgehead atoms. The highest BCUT2D eigenvalue weighted by molar-refractivity contribution is 9.10. The van der Waals surface area contributed by atoms with Gasteiger partial charge in [0, 0.05) is 12.1 Å². The fourth-order valence-corrected chi connectivity index (χ4v) is 2.14. The molecule has 5 heteroatoms. The summed E-state index contributed by atoms with van der Waals surface area (Å²) in [4.78, 5) is 11.8. The summed E-state index contributed by atoms with van der Waals surface area (Å²) in [5.74, 6) is 1.19. The van der Waals surface area contributed by atoms with Gasteiger partial charge in [0.15, 0.2) is 11.5 Å². The van der Waals surface area contributed by atoms with E-state index in [1.165, 1.54) is 0 Å². The van der Waals surface area contributed by atoms with Crippen LogP contribution in [0.4, 0.5) is 0 Å². The molecule has 92 valence electrons. The molecule has 1 amide bonds. The zero-order chi connectivity index (χ0) is 12.3. The van der Waals surface area contributed by atoms with Crippen LogP contribution < -0.4 is 14.8 Å². The van der Waals surface area contributed by atoms with E-state index >= 15 is 0 Å². The first-order chi connectivity index (χ1) is 8.22. The molecule has 1 aliphatic heterocycles. The largest absolute Gasteiger partial charge is 0.486 e. The Balaban J connectivity index is 2.24. The van der Waals surface area contributed by atoms with E-state index in [0.29, 0.717) is 36.8 Å². The predicted octanol–water partition coefficient (Wildman–Crippen LogP) is 2.36. The quantitative estimate of drug-likeness (QED) is 0.932. The number of amides is 1. The molecule has 0 unspecified atom stereocenters. The highest BCUT2D eigenvalue weighted by Crippen LogP contribution is 2.38. The van der Waals surface area contributed by atoms with Gasteiger partial charge in [0.2, 0.25) is 0 Å². The van der Waals surface area contributed by atoms with E-state index in [9.17, 15) is 4.79 Å². The van der Waals surface area contributed by atoms with Crippen molar-refractivity contribution in [1.29, 1.82) is 0 Å². The summed E-state index contributed by atoms with van der Waals surface area (Å²) in [5, 5.41) is 2.83.